The van der Waals surface area contributed by atoms with Crippen molar-refractivity contribution < 1.29 is 37.4 Å². The number of hydrogen-bond donors (Lipinski definition) is 1. The van der Waals surface area contributed by atoms with Gasteiger partial charge in [-0.25, -0.2) is 0 Å². The summed E-state index contributed by atoms with van der Waals surface area (Å²) >= 11 is 0. The molecule has 1 unspecified atom stereocenters. The normalized spacial score (nSPS) is 20.2. The Bertz CT molecular complexity index is 264. The molecule has 1 aromatic carbocycles. The number of ether oxygens (including phenoxy) is 1. The van der Waals surface area contributed by atoms with Gasteiger partial charge in [0, 0.05) is 38.5 Å². The molecule has 0 spiro atoms. The minimum absolute atomic E-state index is 0. The average molecular weight is 237 g/mol. The molecule has 0 bridgehead atoms. The van der Waals surface area contributed by atoms with E-state index in [1.54, 1.807) is 0 Å². The molecular formula is C9H10NOY-. The first-order valence-electron chi connectivity index (χ1n) is 3.77. The molecular weight excluding hydrogens is 227 g/mol. The van der Waals surface area contributed by atoms with Gasteiger partial charge in [-0.05, 0) is 6.42 Å². The molecule has 0 amide bonds. The van der Waals surface area contributed by atoms with Gasteiger partial charge in [0.05, 0.1) is 0 Å². The second-order valence-electron chi connectivity index (χ2n) is 2.73. The number of fused-ring (bicyclic) bond motifs is 1. The average Bonchev–Trinajstić information content (AvgIpc) is 2.04. The summed E-state index contributed by atoms with van der Waals surface area (Å²) in [6.45, 7) is 0. The Labute approximate surface area is 97.4 Å². The molecule has 2 N–H and O–H groups in total. The quantitative estimate of drug-likeness (QED) is 0.685. The SMILES string of the molecule is NC1CCc2c[c-]ccc2O1.[Y]. The Hall–Kier alpha value is 0.0839. The Morgan fingerprint density at radius 1 is 1.58 bits per heavy atom. The molecule has 1 aliphatic rings. The van der Waals surface area contributed by atoms with Gasteiger partial charge in [-0.1, -0.05) is 6.42 Å². The molecule has 61 valence electrons. The van der Waals surface area contributed by atoms with E-state index >= 15 is 0 Å². The van der Waals surface area contributed by atoms with Crippen molar-refractivity contribution in [2.24, 2.45) is 5.73 Å². The third-order valence-electron chi connectivity index (χ3n) is 1.88. The van der Waals surface area contributed by atoms with Gasteiger partial charge in [-0.3, -0.25) is 5.73 Å². The number of benzene rings is 1. The second kappa shape index (κ2) is 4.36. The van der Waals surface area contributed by atoms with Crippen LogP contribution in [0.3, 0.4) is 0 Å². The van der Waals surface area contributed by atoms with Crippen molar-refractivity contribution in [3.8, 4) is 5.75 Å². The molecule has 12 heavy (non-hydrogen) atoms. The number of nitrogens with two attached hydrogens (primary N) is 1. The standard InChI is InChI=1S/C9H10NO.Y/c10-9-6-5-7-3-1-2-4-8(7)11-9;/h2-4,9H,5-6,10H2;/q-1;. The largest absolute Gasteiger partial charge is 0.501 e. The van der Waals surface area contributed by atoms with Crippen molar-refractivity contribution in [1.82, 2.24) is 0 Å². The molecule has 0 fully saturated rings. The van der Waals surface area contributed by atoms with Crippen LogP contribution < -0.4 is 10.5 Å². The molecule has 1 aliphatic heterocycles. The van der Waals surface area contributed by atoms with Crippen LogP contribution in [-0.2, 0) is 39.1 Å². The molecule has 0 aromatic heterocycles. The maximum Gasteiger partial charge on any atom is 0.143 e. The number of hydrogen-bond acceptors (Lipinski definition) is 2. The van der Waals surface area contributed by atoms with E-state index in [0.29, 0.717) is 0 Å². The molecule has 0 saturated heterocycles. The van der Waals surface area contributed by atoms with Crippen LogP contribution in [0.25, 0.3) is 0 Å². The summed E-state index contributed by atoms with van der Waals surface area (Å²) in [4.78, 5) is 0. The fourth-order valence-corrected chi connectivity index (χ4v) is 1.28. The Morgan fingerprint density at radius 3 is 3.25 bits per heavy atom. The smallest absolute Gasteiger partial charge is 0.143 e. The topological polar surface area (TPSA) is 35.2 Å². The zero-order valence-electron chi connectivity index (χ0n) is 6.79. The van der Waals surface area contributed by atoms with Gasteiger partial charge in [-0.2, -0.15) is 18.2 Å². The third kappa shape index (κ3) is 2.06. The predicted octanol–water partition coefficient (Wildman–Crippen LogP) is 1.09. The van der Waals surface area contributed by atoms with Gasteiger partial charge in [-0.15, -0.1) is 11.6 Å². The van der Waals surface area contributed by atoms with Crippen LogP contribution in [0.5, 0.6) is 5.75 Å². The van der Waals surface area contributed by atoms with Crippen LogP contribution in [0.2, 0.25) is 0 Å². The van der Waals surface area contributed by atoms with Crippen molar-refractivity contribution in [2.75, 3.05) is 0 Å². The van der Waals surface area contributed by atoms with Crippen LogP contribution in [0.4, 0.5) is 0 Å². The molecule has 0 saturated carbocycles. The van der Waals surface area contributed by atoms with Crippen molar-refractivity contribution >= 4 is 0 Å². The zero-order valence-corrected chi connectivity index (χ0v) is 9.62. The predicted molar refractivity (Wildman–Crippen MR) is 42.2 cm³/mol. The van der Waals surface area contributed by atoms with Gasteiger partial charge in [0.1, 0.15) is 6.23 Å². The van der Waals surface area contributed by atoms with Crippen LogP contribution in [-0.4, -0.2) is 6.23 Å². The molecule has 1 atom stereocenters. The maximum atomic E-state index is 5.62. The minimum Gasteiger partial charge on any atom is -0.501 e. The summed E-state index contributed by atoms with van der Waals surface area (Å²) < 4.78 is 5.39. The van der Waals surface area contributed by atoms with Crippen molar-refractivity contribution in [3.05, 3.63) is 29.8 Å². The van der Waals surface area contributed by atoms with E-state index in [-0.39, 0.29) is 38.9 Å². The van der Waals surface area contributed by atoms with Gasteiger partial charge < -0.3 is 4.74 Å². The van der Waals surface area contributed by atoms with Gasteiger partial charge in [0.15, 0.2) is 0 Å². The van der Waals surface area contributed by atoms with Gasteiger partial charge >= 0.3 is 0 Å². The van der Waals surface area contributed by atoms with Crippen molar-refractivity contribution in [1.29, 1.82) is 0 Å². The second-order valence-corrected chi connectivity index (χ2v) is 2.73. The number of rotatable bonds is 0. The van der Waals surface area contributed by atoms with Gasteiger partial charge in [0.25, 0.3) is 0 Å². The summed E-state index contributed by atoms with van der Waals surface area (Å²) in [5.74, 6) is 0.919. The Morgan fingerprint density at radius 2 is 2.42 bits per heavy atom. The minimum atomic E-state index is -0.120. The van der Waals surface area contributed by atoms with E-state index < -0.39 is 0 Å². The molecule has 0 aliphatic carbocycles. The molecule has 1 heterocycles. The first-order chi connectivity index (χ1) is 5.36. The van der Waals surface area contributed by atoms with Crippen LogP contribution in [0.15, 0.2) is 18.2 Å². The van der Waals surface area contributed by atoms with Crippen LogP contribution >= 0.6 is 0 Å². The molecule has 3 heteroatoms. The first kappa shape index (κ1) is 10.2. The van der Waals surface area contributed by atoms with E-state index in [9.17, 15) is 0 Å². The molecule has 2 rings (SSSR count). The van der Waals surface area contributed by atoms with E-state index in [0.717, 1.165) is 18.6 Å². The van der Waals surface area contributed by atoms with Crippen LogP contribution in [0, 0.1) is 6.07 Å². The summed E-state index contributed by atoms with van der Waals surface area (Å²) in [5, 5.41) is 0. The summed E-state index contributed by atoms with van der Waals surface area (Å²) in [7, 11) is 0. The van der Waals surface area contributed by atoms with Gasteiger partial charge in [0.2, 0.25) is 0 Å². The molecule has 2 nitrogen and oxygen atoms in total. The van der Waals surface area contributed by atoms with Crippen molar-refractivity contribution in [2.45, 2.75) is 19.1 Å². The van der Waals surface area contributed by atoms with E-state index in [1.807, 2.05) is 18.2 Å². The molecule has 1 radical (unpaired) electrons. The van der Waals surface area contributed by atoms with E-state index in [1.165, 1.54) is 5.56 Å². The summed E-state index contributed by atoms with van der Waals surface area (Å²) in [5.41, 5.74) is 6.83. The maximum absolute atomic E-state index is 5.62. The Kier molecular flexibility index (Phi) is 3.69. The Balaban J connectivity index is 0.000000720. The summed E-state index contributed by atoms with van der Waals surface area (Å²) in [6.07, 6.45) is 1.79. The van der Waals surface area contributed by atoms with E-state index in [2.05, 4.69) is 6.07 Å². The first-order valence-corrected chi connectivity index (χ1v) is 3.77. The molecule has 1 aromatic rings. The van der Waals surface area contributed by atoms with E-state index in [4.69, 9.17) is 10.5 Å². The zero-order chi connectivity index (χ0) is 7.68. The van der Waals surface area contributed by atoms with Crippen LogP contribution in [0.1, 0.15) is 12.0 Å². The number of aryl methyl sites for hydroxylation is 1. The van der Waals surface area contributed by atoms with Crippen molar-refractivity contribution in [3.63, 3.8) is 0 Å². The fraction of sp³-hybridized carbons (Fsp3) is 0.333. The third-order valence-corrected chi connectivity index (χ3v) is 1.88. The monoisotopic (exact) mass is 237 g/mol. The fourth-order valence-electron chi connectivity index (χ4n) is 1.28. The summed E-state index contributed by atoms with van der Waals surface area (Å²) in [6, 6.07) is 8.73.